The van der Waals surface area contributed by atoms with Crippen LogP contribution in [0.2, 0.25) is 0 Å². The monoisotopic (exact) mass is 346 g/mol. The lowest BCUT2D eigenvalue weighted by molar-refractivity contribution is -0.128. The number of aromatic nitrogens is 2. The molecule has 0 aromatic carbocycles. The lowest BCUT2D eigenvalue weighted by atomic mass is 9.92. The Bertz CT molecular complexity index is 612. The molecular formula is C19H30N4O2. The van der Waals surface area contributed by atoms with E-state index in [0.29, 0.717) is 13.2 Å². The zero-order valence-electron chi connectivity index (χ0n) is 15.8. The van der Waals surface area contributed by atoms with Gasteiger partial charge in [0, 0.05) is 37.1 Å². The van der Waals surface area contributed by atoms with E-state index in [9.17, 15) is 4.79 Å². The summed E-state index contributed by atoms with van der Waals surface area (Å²) < 4.78 is 5.74. The van der Waals surface area contributed by atoms with Crippen molar-refractivity contribution in [1.29, 1.82) is 0 Å². The van der Waals surface area contributed by atoms with Crippen LogP contribution in [0.15, 0.2) is 6.07 Å². The first kappa shape index (κ1) is 18.1. The molecule has 0 saturated carbocycles. The Labute approximate surface area is 150 Å². The van der Waals surface area contributed by atoms with Crippen LogP contribution in [0.4, 0.5) is 5.95 Å². The molecule has 1 aromatic heterocycles. The van der Waals surface area contributed by atoms with Gasteiger partial charge in [-0.05, 0) is 59.4 Å². The van der Waals surface area contributed by atoms with Gasteiger partial charge in [0.25, 0.3) is 0 Å². The van der Waals surface area contributed by atoms with E-state index < -0.39 is 0 Å². The van der Waals surface area contributed by atoms with Crippen LogP contribution in [0.25, 0.3) is 0 Å². The van der Waals surface area contributed by atoms with Crippen LogP contribution in [-0.2, 0) is 9.53 Å². The largest absolute Gasteiger partial charge is 0.375 e. The third-order valence-electron chi connectivity index (χ3n) is 5.09. The maximum atomic E-state index is 12.8. The summed E-state index contributed by atoms with van der Waals surface area (Å²) >= 11 is 0. The molecule has 0 bridgehead atoms. The molecule has 1 aromatic rings. The SMILES string of the molecule is Cc1cc(C)nc(N2CCCC(C(=O)NC3CCOC(C)(C)C3)C2)n1. The van der Waals surface area contributed by atoms with E-state index in [1.165, 1.54) is 0 Å². The fourth-order valence-corrected chi connectivity index (χ4v) is 3.90. The summed E-state index contributed by atoms with van der Waals surface area (Å²) in [5.74, 6) is 0.920. The first-order chi connectivity index (χ1) is 11.8. The number of amides is 1. The van der Waals surface area contributed by atoms with Gasteiger partial charge in [-0.15, -0.1) is 0 Å². The van der Waals surface area contributed by atoms with Crippen LogP contribution in [0.5, 0.6) is 0 Å². The topological polar surface area (TPSA) is 67.4 Å². The number of anilines is 1. The second-order valence-electron chi connectivity index (χ2n) is 8.04. The van der Waals surface area contributed by atoms with Crippen molar-refractivity contribution >= 4 is 11.9 Å². The van der Waals surface area contributed by atoms with Crippen molar-refractivity contribution in [2.75, 3.05) is 24.6 Å². The highest BCUT2D eigenvalue weighted by atomic mass is 16.5. The summed E-state index contributed by atoms with van der Waals surface area (Å²) in [5, 5.41) is 3.25. The second kappa shape index (κ2) is 7.28. The molecule has 0 aliphatic carbocycles. The van der Waals surface area contributed by atoms with Crippen molar-refractivity contribution < 1.29 is 9.53 Å². The molecule has 0 spiro atoms. The van der Waals surface area contributed by atoms with Gasteiger partial charge in [0.1, 0.15) is 0 Å². The van der Waals surface area contributed by atoms with Gasteiger partial charge in [0.05, 0.1) is 11.5 Å². The Morgan fingerprint density at radius 1 is 1.28 bits per heavy atom. The van der Waals surface area contributed by atoms with E-state index in [-0.39, 0.29) is 23.5 Å². The molecule has 1 N–H and O–H groups in total. The van der Waals surface area contributed by atoms with Gasteiger partial charge in [0.2, 0.25) is 11.9 Å². The summed E-state index contributed by atoms with van der Waals surface area (Å²) in [4.78, 5) is 24.0. The van der Waals surface area contributed by atoms with Gasteiger partial charge in [-0.2, -0.15) is 0 Å². The summed E-state index contributed by atoms with van der Waals surface area (Å²) in [5.41, 5.74) is 1.79. The van der Waals surface area contributed by atoms with Crippen LogP contribution in [-0.4, -0.2) is 47.2 Å². The summed E-state index contributed by atoms with van der Waals surface area (Å²) in [7, 11) is 0. The van der Waals surface area contributed by atoms with Crippen molar-refractivity contribution in [2.45, 2.75) is 65.0 Å². The van der Waals surface area contributed by atoms with Gasteiger partial charge in [-0.25, -0.2) is 9.97 Å². The first-order valence-electron chi connectivity index (χ1n) is 9.34. The number of hydrogen-bond acceptors (Lipinski definition) is 5. The van der Waals surface area contributed by atoms with E-state index in [1.807, 2.05) is 19.9 Å². The molecule has 2 saturated heterocycles. The number of aryl methyl sites for hydroxylation is 2. The number of nitrogens with one attached hydrogen (secondary N) is 1. The molecule has 3 rings (SSSR count). The highest BCUT2D eigenvalue weighted by Crippen LogP contribution is 2.25. The predicted molar refractivity (Wildman–Crippen MR) is 97.6 cm³/mol. The van der Waals surface area contributed by atoms with Crippen LogP contribution in [0.1, 0.15) is 50.9 Å². The average molecular weight is 346 g/mol. The van der Waals surface area contributed by atoms with Gasteiger partial charge in [-0.3, -0.25) is 4.79 Å². The number of hydrogen-bond donors (Lipinski definition) is 1. The van der Waals surface area contributed by atoms with Crippen molar-refractivity contribution in [2.24, 2.45) is 5.92 Å². The quantitative estimate of drug-likeness (QED) is 0.910. The van der Waals surface area contributed by atoms with Crippen LogP contribution in [0.3, 0.4) is 0 Å². The number of rotatable bonds is 3. The minimum Gasteiger partial charge on any atom is -0.375 e. The average Bonchev–Trinajstić information content (AvgIpc) is 2.53. The number of carbonyl (C=O) groups is 1. The molecule has 2 aliphatic heterocycles. The lowest BCUT2D eigenvalue weighted by Crippen LogP contribution is -2.50. The van der Waals surface area contributed by atoms with Gasteiger partial charge < -0.3 is 15.0 Å². The molecule has 6 nitrogen and oxygen atoms in total. The minimum absolute atomic E-state index is 0.00382. The molecular weight excluding hydrogens is 316 g/mol. The first-order valence-corrected chi connectivity index (χ1v) is 9.34. The van der Waals surface area contributed by atoms with Crippen LogP contribution in [0, 0.1) is 19.8 Å². The zero-order chi connectivity index (χ0) is 18.0. The fourth-order valence-electron chi connectivity index (χ4n) is 3.90. The van der Waals surface area contributed by atoms with Crippen molar-refractivity contribution in [3.63, 3.8) is 0 Å². The maximum Gasteiger partial charge on any atom is 0.225 e. The van der Waals surface area contributed by atoms with E-state index in [2.05, 4.69) is 34.0 Å². The molecule has 3 heterocycles. The van der Waals surface area contributed by atoms with E-state index in [4.69, 9.17) is 4.74 Å². The number of piperidine rings is 1. The summed E-state index contributed by atoms with van der Waals surface area (Å²) in [6.07, 6.45) is 3.69. The van der Waals surface area contributed by atoms with Crippen LogP contribution < -0.4 is 10.2 Å². The lowest BCUT2D eigenvalue weighted by Gasteiger charge is -2.37. The Morgan fingerprint density at radius 3 is 2.68 bits per heavy atom. The summed E-state index contributed by atoms with van der Waals surface area (Å²) in [6, 6.07) is 2.19. The second-order valence-corrected chi connectivity index (χ2v) is 8.04. The molecule has 2 atom stereocenters. The highest BCUT2D eigenvalue weighted by molar-refractivity contribution is 5.79. The molecule has 6 heteroatoms. The third kappa shape index (κ3) is 4.69. The third-order valence-corrected chi connectivity index (χ3v) is 5.09. The van der Waals surface area contributed by atoms with Crippen molar-refractivity contribution in [3.8, 4) is 0 Å². The fraction of sp³-hybridized carbons (Fsp3) is 0.737. The smallest absolute Gasteiger partial charge is 0.225 e. The number of carbonyl (C=O) groups excluding carboxylic acids is 1. The molecule has 0 radical (unpaired) electrons. The normalized spacial score (nSPS) is 26.3. The Balaban J connectivity index is 1.61. The van der Waals surface area contributed by atoms with Gasteiger partial charge >= 0.3 is 0 Å². The Kier molecular flexibility index (Phi) is 5.27. The van der Waals surface area contributed by atoms with E-state index in [1.54, 1.807) is 0 Å². The molecule has 1 amide bonds. The van der Waals surface area contributed by atoms with Gasteiger partial charge in [0.15, 0.2) is 0 Å². The maximum absolute atomic E-state index is 12.8. The molecule has 2 unspecified atom stereocenters. The standard InChI is InChI=1S/C19H30N4O2/c1-13-10-14(2)21-18(20-13)23-8-5-6-15(12-23)17(24)22-16-7-9-25-19(3,4)11-16/h10,15-16H,5-9,11-12H2,1-4H3,(H,22,24). The molecule has 2 fully saturated rings. The van der Waals surface area contributed by atoms with Crippen molar-refractivity contribution in [1.82, 2.24) is 15.3 Å². The predicted octanol–water partition coefficient (Wildman–Crippen LogP) is 2.38. The minimum atomic E-state index is -0.151. The van der Waals surface area contributed by atoms with E-state index in [0.717, 1.165) is 49.6 Å². The zero-order valence-corrected chi connectivity index (χ0v) is 15.8. The molecule has 138 valence electrons. The van der Waals surface area contributed by atoms with Gasteiger partial charge in [-0.1, -0.05) is 0 Å². The highest BCUT2D eigenvalue weighted by Gasteiger charge is 2.33. The van der Waals surface area contributed by atoms with E-state index >= 15 is 0 Å². The number of ether oxygens (including phenoxy) is 1. The van der Waals surface area contributed by atoms with Crippen molar-refractivity contribution in [3.05, 3.63) is 17.5 Å². The number of nitrogens with zero attached hydrogens (tertiary/aromatic N) is 3. The van der Waals surface area contributed by atoms with Crippen LogP contribution >= 0.6 is 0 Å². The Morgan fingerprint density at radius 2 is 2.00 bits per heavy atom. The molecule has 25 heavy (non-hydrogen) atoms. The Hall–Kier alpha value is -1.69. The molecule has 2 aliphatic rings. The summed E-state index contributed by atoms with van der Waals surface area (Å²) in [6.45, 7) is 10.5.